The smallest absolute Gasteiger partial charge is 0.326 e. The van der Waals surface area contributed by atoms with E-state index >= 15 is 0 Å². The molecule has 1 fully saturated rings. The fraction of sp³-hybridized carbons (Fsp3) is 0.571. The SMILES string of the molecule is O=C(COC(=O)CN1C(=O)[C@@H]2CC=CC[C@H]2C1=O)NC(=O)NCCC1=CCCCC1. The van der Waals surface area contributed by atoms with Gasteiger partial charge in [0.25, 0.3) is 5.91 Å². The van der Waals surface area contributed by atoms with Crippen LogP contribution in [-0.2, 0) is 23.9 Å². The monoisotopic (exact) mass is 417 g/mol. The zero-order chi connectivity index (χ0) is 21.5. The lowest BCUT2D eigenvalue weighted by molar-refractivity contribution is -0.154. The van der Waals surface area contributed by atoms with Gasteiger partial charge in [0.1, 0.15) is 6.54 Å². The number of urea groups is 1. The van der Waals surface area contributed by atoms with E-state index in [9.17, 15) is 24.0 Å². The highest BCUT2D eigenvalue weighted by Crippen LogP contribution is 2.34. The van der Waals surface area contributed by atoms with Crippen LogP contribution in [0.2, 0.25) is 0 Å². The Balaban J connectivity index is 1.33. The van der Waals surface area contributed by atoms with Crippen molar-refractivity contribution >= 4 is 29.7 Å². The van der Waals surface area contributed by atoms with Crippen LogP contribution in [0.5, 0.6) is 0 Å². The van der Waals surface area contributed by atoms with Gasteiger partial charge < -0.3 is 10.1 Å². The molecule has 1 heterocycles. The van der Waals surface area contributed by atoms with Gasteiger partial charge in [-0.1, -0.05) is 23.8 Å². The number of amides is 5. The highest BCUT2D eigenvalue weighted by atomic mass is 16.5. The van der Waals surface area contributed by atoms with Gasteiger partial charge in [0.2, 0.25) is 11.8 Å². The molecule has 0 aromatic rings. The predicted molar refractivity (Wildman–Crippen MR) is 106 cm³/mol. The summed E-state index contributed by atoms with van der Waals surface area (Å²) in [6, 6.07) is -0.658. The summed E-state index contributed by atoms with van der Waals surface area (Å²) in [7, 11) is 0. The first-order chi connectivity index (χ1) is 14.5. The Bertz CT molecular complexity index is 762. The third-order valence-corrected chi connectivity index (χ3v) is 5.62. The number of esters is 1. The zero-order valence-corrected chi connectivity index (χ0v) is 16.9. The molecule has 5 amide bonds. The van der Waals surface area contributed by atoms with Gasteiger partial charge in [-0.15, -0.1) is 0 Å². The predicted octanol–water partition coefficient (Wildman–Crippen LogP) is 1.20. The Morgan fingerprint density at radius 3 is 2.40 bits per heavy atom. The van der Waals surface area contributed by atoms with Gasteiger partial charge in [0.15, 0.2) is 6.61 Å². The van der Waals surface area contributed by atoms with Crippen molar-refractivity contribution in [1.82, 2.24) is 15.5 Å². The molecule has 3 rings (SSSR count). The van der Waals surface area contributed by atoms with Crippen LogP contribution in [0, 0.1) is 11.8 Å². The minimum atomic E-state index is -0.872. The average Bonchev–Trinajstić information content (AvgIpc) is 2.98. The van der Waals surface area contributed by atoms with Crippen molar-refractivity contribution in [2.24, 2.45) is 11.8 Å². The highest BCUT2D eigenvalue weighted by Gasteiger charge is 2.47. The van der Waals surface area contributed by atoms with Gasteiger partial charge in [-0.3, -0.25) is 29.4 Å². The summed E-state index contributed by atoms with van der Waals surface area (Å²) in [5.41, 5.74) is 1.31. The zero-order valence-electron chi connectivity index (χ0n) is 16.9. The lowest BCUT2D eigenvalue weighted by Crippen LogP contribution is -2.42. The summed E-state index contributed by atoms with van der Waals surface area (Å²) in [5.74, 6) is -3.28. The average molecular weight is 417 g/mol. The van der Waals surface area contributed by atoms with Crippen LogP contribution < -0.4 is 10.6 Å². The molecule has 9 heteroatoms. The standard InChI is InChI=1S/C21H27N3O6/c25-17(23-21(29)22-11-10-14-6-2-1-3-7-14)13-30-18(26)12-24-19(27)15-8-4-5-9-16(15)20(24)28/h4-6,15-16H,1-3,7-13H2,(H2,22,23,25,29)/t15-,16-/m1/s1. The van der Waals surface area contributed by atoms with E-state index in [1.165, 1.54) is 12.0 Å². The van der Waals surface area contributed by atoms with Crippen LogP contribution in [0.15, 0.2) is 23.8 Å². The Morgan fingerprint density at radius 1 is 1.07 bits per heavy atom. The van der Waals surface area contributed by atoms with Crippen molar-refractivity contribution in [2.75, 3.05) is 19.7 Å². The van der Waals surface area contributed by atoms with E-state index in [1.807, 2.05) is 12.2 Å². The molecule has 2 atom stereocenters. The molecule has 3 aliphatic rings. The number of ether oxygens (including phenoxy) is 1. The third kappa shape index (κ3) is 5.55. The van der Waals surface area contributed by atoms with E-state index < -0.39 is 42.9 Å². The van der Waals surface area contributed by atoms with Crippen LogP contribution in [0.25, 0.3) is 0 Å². The summed E-state index contributed by atoms with van der Waals surface area (Å²) in [4.78, 5) is 61.0. The first kappa shape index (κ1) is 21.7. The summed E-state index contributed by atoms with van der Waals surface area (Å²) < 4.78 is 4.81. The van der Waals surface area contributed by atoms with E-state index in [4.69, 9.17) is 4.74 Å². The second-order valence-corrected chi connectivity index (χ2v) is 7.74. The van der Waals surface area contributed by atoms with Crippen LogP contribution in [0.4, 0.5) is 4.79 Å². The van der Waals surface area contributed by atoms with Crippen molar-refractivity contribution in [3.63, 3.8) is 0 Å². The Labute approximate surface area is 174 Å². The number of allylic oxidation sites excluding steroid dienone is 3. The molecule has 0 spiro atoms. The van der Waals surface area contributed by atoms with Crippen LogP contribution in [-0.4, -0.2) is 54.3 Å². The lowest BCUT2D eigenvalue weighted by Gasteiger charge is -2.14. The molecule has 2 N–H and O–H groups in total. The normalized spacial score (nSPS) is 22.9. The van der Waals surface area contributed by atoms with Crippen molar-refractivity contribution in [3.8, 4) is 0 Å². The van der Waals surface area contributed by atoms with E-state index in [1.54, 1.807) is 0 Å². The lowest BCUT2D eigenvalue weighted by atomic mass is 9.85. The third-order valence-electron chi connectivity index (χ3n) is 5.62. The molecule has 30 heavy (non-hydrogen) atoms. The fourth-order valence-corrected chi connectivity index (χ4v) is 4.02. The molecular formula is C21H27N3O6. The second-order valence-electron chi connectivity index (χ2n) is 7.74. The van der Waals surface area contributed by atoms with Gasteiger partial charge in [0, 0.05) is 6.54 Å². The number of hydrogen-bond donors (Lipinski definition) is 2. The largest absolute Gasteiger partial charge is 0.454 e. The molecular weight excluding hydrogens is 390 g/mol. The molecule has 0 radical (unpaired) electrons. The van der Waals surface area contributed by atoms with E-state index in [0.717, 1.165) is 30.6 Å². The van der Waals surface area contributed by atoms with Crippen molar-refractivity contribution < 1.29 is 28.7 Å². The molecule has 0 saturated carbocycles. The summed E-state index contributed by atoms with van der Waals surface area (Å²) in [5, 5.41) is 4.68. The van der Waals surface area contributed by atoms with Gasteiger partial charge in [-0.2, -0.15) is 0 Å². The number of likely N-dealkylation sites (tertiary alicyclic amines) is 1. The Hall–Kier alpha value is -2.97. The molecule has 162 valence electrons. The first-order valence-electron chi connectivity index (χ1n) is 10.4. The van der Waals surface area contributed by atoms with E-state index in [-0.39, 0.29) is 11.8 Å². The maximum absolute atomic E-state index is 12.3. The first-order valence-corrected chi connectivity index (χ1v) is 10.4. The Morgan fingerprint density at radius 2 is 1.77 bits per heavy atom. The van der Waals surface area contributed by atoms with Crippen molar-refractivity contribution in [2.45, 2.75) is 44.9 Å². The maximum Gasteiger partial charge on any atom is 0.326 e. The van der Waals surface area contributed by atoms with E-state index in [2.05, 4.69) is 16.7 Å². The van der Waals surface area contributed by atoms with Crippen molar-refractivity contribution in [1.29, 1.82) is 0 Å². The molecule has 1 aliphatic heterocycles. The number of imide groups is 2. The molecule has 9 nitrogen and oxygen atoms in total. The number of carbonyl (C=O) groups excluding carboxylic acids is 5. The number of hydrogen-bond acceptors (Lipinski definition) is 6. The van der Waals surface area contributed by atoms with Gasteiger partial charge >= 0.3 is 12.0 Å². The van der Waals surface area contributed by atoms with Gasteiger partial charge in [-0.25, -0.2) is 4.79 Å². The molecule has 0 unspecified atom stereocenters. The molecule has 1 saturated heterocycles. The number of carbonyl (C=O) groups is 5. The van der Waals surface area contributed by atoms with Crippen LogP contribution in [0.1, 0.15) is 44.9 Å². The minimum Gasteiger partial charge on any atom is -0.454 e. The van der Waals surface area contributed by atoms with Crippen molar-refractivity contribution in [3.05, 3.63) is 23.8 Å². The minimum absolute atomic E-state index is 0.386. The maximum atomic E-state index is 12.3. The summed E-state index contributed by atoms with van der Waals surface area (Å²) in [6.45, 7) is -0.775. The van der Waals surface area contributed by atoms with Crippen LogP contribution in [0.3, 0.4) is 0 Å². The fourth-order valence-electron chi connectivity index (χ4n) is 4.02. The van der Waals surface area contributed by atoms with Crippen LogP contribution >= 0.6 is 0 Å². The van der Waals surface area contributed by atoms with Gasteiger partial charge in [-0.05, 0) is 44.9 Å². The number of rotatable bonds is 7. The highest BCUT2D eigenvalue weighted by molar-refractivity contribution is 6.07. The quantitative estimate of drug-likeness (QED) is 0.365. The molecule has 0 aromatic heterocycles. The topological polar surface area (TPSA) is 122 Å². The summed E-state index contributed by atoms with van der Waals surface area (Å²) in [6.07, 6.45) is 12.1. The summed E-state index contributed by atoms with van der Waals surface area (Å²) >= 11 is 0. The molecule has 2 aliphatic carbocycles. The molecule has 0 aromatic carbocycles. The Kier molecular flexibility index (Phi) is 7.37. The van der Waals surface area contributed by atoms with Gasteiger partial charge in [0.05, 0.1) is 11.8 Å². The second kappa shape index (κ2) is 10.2. The number of nitrogens with zero attached hydrogens (tertiary/aromatic N) is 1. The number of fused-ring (bicyclic) bond motifs is 1. The van der Waals surface area contributed by atoms with E-state index in [0.29, 0.717) is 19.4 Å². The number of nitrogens with one attached hydrogen (secondary N) is 2. The molecule has 0 bridgehead atoms.